The van der Waals surface area contributed by atoms with Gasteiger partial charge in [0.25, 0.3) is 0 Å². The van der Waals surface area contributed by atoms with Crippen molar-refractivity contribution in [1.29, 1.82) is 0 Å². The summed E-state index contributed by atoms with van der Waals surface area (Å²) in [5.74, 6) is 0. The van der Waals surface area contributed by atoms with E-state index in [0.717, 1.165) is 81.4 Å². The van der Waals surface area contributed by atoms with Gasteiger partial charge in [0.2, 0.25) is 0 Å². The molecule has 0 saturated heterocycles. The Morgan fingerprint density at radius 1 is 0.545 bits per heavy atom. The second-order valence-electron chi connectivity index (χ2n) is 13.0. The molecule has 1 aliphatic rings. The van der Waals surface area contributed by atoms with Crippen LogP contribution in [0.3, 0.4) is 0 Å². The molecule has 0 radical (unpaired) electrons. The van der Waals surface area contributed by atoms with Crippen LogP contribution in [0.15, 0.2) is 22.6 Å². The highest BCUT2D eigenvalue weighted by Gasteiger charge is 2.21. The van der Waals surface area contributed by atoms with Gasteiger partial charge in [-0.15, -0.1) is 0 Å². The molecule has 5 aromatic heterocycles. The number of nitrogens with zero attached hydrogens (tertiary/aromatic N) is 1. The summed E-state index contributed by atoms with van der Waals surface area (Å²) in [5.41, 5.74) is 23.1. The highest BCUT2D eigenvalue weighted by Crippen LogP contribution is 2.37. The van der Waals surface area contributed by atoms with Crippen LogP contribution in [0.2, 0.25) is 0 Å². The molecule has 230 valence electrons. The normalized spacial score (nSPS) is 12.8. The Hall–Kier alpha value is -3.99. The van der Waals surface area contributed by atoms with Crippen LogP contribution in [0.25, 0.3) is 55.4 Å². The van der Waals surface area contributed by atoms with E-state index in [1.165, 1.54) is 68.4 Å². The molecule has 1 aliphatic heterocycles. The number of H-pyrrole nitrogens is 3. The van der Waals surface area contributed by atoms with Crippen LogP contribution >= 0.6 is 0 Å². The van der Waals surface area contributed by atoms with E-state index in [0.29, 0.717) is 0 Å². The number of aromatic nitrogens is 4. The minimum atomic E-state index is 0.863. The maximum Gasteiger partial charge on any atom is 0.156 e. The van der Waals surface area contributed by atoms with E-state index in [1.54, 1.807) is 0 Å². The number of fused-ring (bicyclic) bond motifs is 12. The zero-order valence-electron chi connectivity index (χ0n) is 28.3. The van der Waals surface area contributed by atoms with Gasteiger partial charge in [-0.05, 0) is 144 Å². The van der Waals surface area contributed by atoms with E-state index >= 15 is 0 Å². The number of aromatic amines is 3. The van der Waals surface area contributed by atoms with Crippen molar-refractivity contribution in [2.75, 3.05) is 0 Å². The van der Waals surface area contributed by atoms with Gasteiger partial charge in [0, 0.05) is 38.7 Å². The number of unbranched alkanes of at least 4 members (excludes halogenated alkanes) is 2. The third-order valence-electron chi connectivity index (χ3n) is 10.3. The van der Waals surface area contributed by atoms with Crippen LogP contribution < -0.4 is 0 Å². The second-order valence-corrected chi connectivity index (χ2v) is 13.0. The molecule has 5 heteroatoms. The van der Waals surface area contributed by atoms with Crippen LogP contribution in [0, 0.1) is 41.5 Å². The molecule has 0 unspecified atom stereocenters. The molecule has 6 heterocycles. The first-order valence-electron chi connectivity index (χ1n) is 16.5. The average Bonchev–Trinajstić information content (AvgIpc) is 3.72. The summed E-state index contributed by atoms with van der Waals surface area (Å²) in [7, 11) is 0. The largest absolute Gasteiger partial charge is 0.452 e. The predicted octanol–water partition coefficient (Wildman–Crippen LogP) is 11.3. The molecule has 0 aromatic carbocycles. The predicted molar refractivity (Wildman–Crippen MR) is 189 cm³/mol. The summed E-state index contributed by atoms with van der Waals surface area (Å²) in [6, 6.07) is 6.90. The van der Waals surface area contributed by atoms with Crippen LogP contribution in [-0.2, 0) is 12.8 Å². The summed E-state index contributed by atoms with van der Waals surface area (Å²) in [4.78, 5) is 16.7. The monoisotopic (exact) mass is 588 g/mol. The summed E-state index contributed by atoms with van der Waals surface area (Å²) in [6.45, 7) is 22.1. The Labute approximate surface area is 261 Å². The Bertz CT molecular complexity index is 2120. The molecule has 6 rings (SSSR count). The van der Waals surface area contributed by atoms with E-state index in [9.17, 15) is 0 Å². The van der Waals surface area contributed by atoms with Crippen LogP contribution in [-0.4, -0.2) is 19.9 Å². The van der Waals surface area contributed by atoms with Gasteiger partial charge in [-0.25, -0.2) is 4.98 Å². The summed E-state index contributed by atoms with van der Waals surface area (Å²) in [5, 5.41) is 0. The molecular formula is C39H48N4O. The number of aryl methyl sites for hydroxylation is 8. The van der Waals surface area contributed by atoms with Crippen LogP contribution in [0.4, 0.5) is 0 Å². The van der Waals surface area contributed by atoms with Gasteiger partial charge in [-0.2, -0.15) is 0 Å². The number of allylic oxidation sites excluding steroid dienone is 2. The molecule has 44 heavy (non-hydrogen) atoms. The van der Waals surface area contributed by atoms with Gasteiger partial charge in [0.1, 0.15) is 5.69 Å². The zero-order valence-corrected chi connectivity index (χ0v) is 28.3. The lowest BCUT2D eigenvalue weighted by Gasteiger charge is -2.01. The lowest BCUT2D eigenvalue weighted by Crippen LogP contribution is -1.87. The minimum absolute atomic E-state index is 0.863. The maximum atomic E-state index is 6.75. The standard InChI is InChI=1S/C39H48N4O/c1-11-13-15-28-26(9)32-17-30-20(3)22(5)36(42-30)38-24(7)25(8)39(44-38)37-23(6)21(4)31(43-37)18-33-27(10)29(16-14-12-2)35(41-33)19-34(28)40-32/h17-19,40-42H,11-16H2,1-10H3. The molecule has 0 fully saturated rings. The molecule has 0 aliphatic carbocycles. The van der Waals surface area contributed by atoms with Crippen molar-refractivity contribution in [2.45, 2.75) is 108 Å². The topological polar surface area (TPSA) is 73.4 Å². The Morgan fingerprint density at radius 3 is 1.66 bits per heavy atom. The van der Waals surface area contributed by atoms with Crippen molar-refractivity contribution in [3.8, 4) is 0 Å². The zero-order chi connectivity index (χ0) is 31.4. The highest BCUT2D eigenvalue weighted by molar-refractivity contribution is 5.97. The van der Waals surface area contributed by atoms with Crippen LogP contribution in [0.1, 0.15) is 109 Å². The van der Waals surface area contributed by atoms with Crippen molar-refractivity contribution in [3.63, 3.8) is 0 Å². The van der Waals surface area contributed by atoms with Crippen LogP contribution in [0.5, 0.6) is 0 Å². The summed E-state index contributed by atoms with van der Waals surface area (Å²) in [6.07, 6.45) is 6.77. The SMILES string of the molecule is CCCCc1c(C)c2cc3nc(c4oc(c(C)c4C)c4[nH]c(cc5[nH]c(cc1[nH]2)c(CCCC)c5C)c(C)c4C)C(C)=C3C. The quantitative estimate of drug-likeness (QED) is 0.185. The summed E-state index contributed by atoms with van der Waals surface area (Å²) >= 11 is 0. The van der Waals surface area contributed by atoms with E-state index in [1.807, 2.05) is 0 Å². The Balaban J connectivity index is 1.84. The van der Waals surface area contributed by atoms with E-state index in [4.69, 9.17) is 9.40 Å². The van der Waals surface area contributed by atoms with Gasteiger partial charge in [-0.1, -0.05) is 26.7 Å². The summed E-state index contributed by atoms with van der Waals surface area (Å²) < 4.78 is 6.75. The van der Waals surface area contributed by atoms with Gasteiger partial charge in [-0.3, -0.25) is 0 Å². The molecule has 0 spiro atoms. The van der Waals surface area contributed by atoms with Gasteiger partial charge < -0.3 is 19.4 Å². The number of furan rings is 1. The molecular weight excluding hydrogens is 540 g/mol. The van der Waals surface area contributed by atoms with Crippen molar-refractivity contribution >= 4 is 55.4 Å². The number of hydrogen-bond donors (Lipinski definition) is 3. The first kappa shape index (κ1) is 30.1. The molecule has 3 N–H and O–H groups in total. The third kappa shape index (κ3) is 4.81. The van der Waals surface area contributed by atoms with Crippen molar-refractivity contribution in [2.24, 2.45) is 0 Å². The third-order valence-corrected chi connectivity index (χ3v) is 10.3. The smallest absolute Gasteiger partial charge is 0.156 e. The number of rotatable bonds is 6. The average molecular weight is 589 g/mol. The fourth-order valence-electron chi connectivity index (χ4n) is 6.83. The Morgan fingerprint density at radius 2 is 1.07 bits per heavy atom. The molecule has 0 atom stereocenters. The lowest BCUT2D eigenvalue weighted by atomic mass is 10.0. The minimum Gasteiger partial charge on any atom is -0.452 e. The van der Waals surface area contributed by atoms with Crippen molar-refractivity contribution in [3.05, 3.63) is 74.1 Å². The first-order valence-corrected chi connectivity index (χ1v) is 16.5. The number of nitrogens with one attached hydrogen (secondary N) is 3. The van der Waals surface area contributed by atoms with Gasteiger partial charge in [0.05, 0.1) is 11.2 Å². The fourth-order valence-corrected chi connectivity index (χ4v) is 6.83. The molecule has 10 bridgehead atoms. The number of hydrogen-bond acceptors (Lipinski definition) is 2. The Kier molecular flexibility index (Phi) is 7.85. The van der Waals surface area contributed by atoms with Crippen molar-refractivity contribution in [1.82, 2.24) is 19.9 Å². The fraction of sp³-hybridized carbons (Fsp3) is 0.410. The van der Waals surface area contributed by atoms with Crippen molar-refractivity contribution < 1.29 is 4.42 Å². The molecule has 5 aromatic rings. The molecule has 0 saturated carbocycles. The lowest BCUT2D eigenvalue weighted by molar-refractivity contribution is 0.662. The first-order chi connectivity index (χ1) is 21.0. The molecule has 5 nitrogen and oxygen atoms in total. The van der Waals surface area contributed by atoms with E-state index in [2.05, 4.69) is 102 Å². The highest BCUT2D eigenvalue weighted by atomic mass is 16.3. The van der Waals surface area contributed by atoms with E-state index in [-0.39, 0.29) is 0 Å². The van der Waals surface area contributed by atoms with Gasteiger partial charge in [0.15, 0.2) is 11.2 Å². The maximum absolute atomic E-state index is 6.75. The van der Waals surface area contributed by atoms with Gasteiger partial charge >= 0.3 is 0 Å². The second kappa shape index (κ2) is 11.5. The molecule has 0 amide bonds. The van der Waals surface area contributed by atoms with E-state index < -0.39 is 0 Å².